The van der Waals surface area contributed by atoms with E-state index in [1.807, 2.05) is 6.07 Å². The molecule has 2 nitrogen and oxygen atoms in total. The highest BCUT2D eigenvalue weighted by Crippen LogP contribution is 2.40. The molecule has 1 atom stereocenters. The zero-order chi connectivity index (χ0) is 12.5. The maximum atomic E-state index is 9.36. The third-order valence-electron chi connectivity index (χ3n) is 3.55. The first-order chi connectivity index (χ1) is 8.81. The predicted octanol–water partition coefficient (Wildman–Crippen LogP) is 4.00. The summed E-state index contributed by atoms with van der Waals surface area (Å²) in [5.41, 5.74) is 2.93. The first-order valence-corrected chi connectivity index (χ1v) is 7.40. The van der Waals surface area contributed by atoms with Gasteiger partial charge in [-0.05, 0) is 36.3 Å². The van der Waals surface area contributed by atoms with E-state index in [0.717, 1.165) is 18.4 Å². The topological polar surface area (TPSA) is 36.1 Å². The lowest BCUT2D eigenvalue weighted by Crippen LogP contribution is -2.27. The van der Waals surface area contributed by atoms with Crippen LogP contribution in [-0.4, -0.2) is 10.7 Å². The number of dihydropyridines is 1. The molecule has 1 aromatic rings. The van der Waals surface area contributed by atoms with Crippen molar-refractivity contribution in [3.63, 3.8) is 0 Å². The zero-order valence-electron chi connectivity index (χ0n) is 9.85. The predicted molar refractivity (Wildman–Crippen MR) is 78.8 cm³/mol. The Hall–Kier alpha value is -1.31. The molecule has 0 amide bonds. The number of hydrogen-bond donors (Lipinski definition) is 0. The number of nitriles is 1. The van der Waals surface area contributed by atoms with E-state index >= 15 is 0 Å². The largest absolute Gasteiger partial charge is 0.244 e. The van der Waals surface area contributed by atoms with E-state index in [9.17, 15) is 5.26 Å². The second kappa shape index (κ2) is 4.75. The standard InChI is InChI=1S/C14H12N2S2/c15-8-10-13(12-6-3-7-18-12)9-4-1-2-5-11(9)16-14(10)17/h3,6-7,9H,1-2,4-5H2. The van der Waals surface area contributed by atoms with Gasteiger partial charge in [-0.2, -0.15) is 5.26 Å². The van der Waals surface area contributed by atoms with Crippen LogP contribution in [0.25, 0.3) is 5.57 Å². The fourth-order valence-electron chi connectivity index (χ4n) is 2.75. The Bertz CT molecular complexity index is 588. The molecule has 0 radical (unpaired) electrons. The third-order valence-corrected chi connectivity index (χ3v) is 4.75. The zero-order valence-corrected chi connectivity index (χ0v) is 11.5. The number of hydrogen-bond acceptors (Lipinski definition) is 3. The molecule has 1 fully saturated rings. The van der Waals surface area contributed by atoms with Gasteiger partial charge in [0.2, 0.25) is 0 Å². The molecule has 0 bridgehead atoms. The van der Waals surface area contributed by atoms with Crippen LogP contribution in [0.1, 0.15) is 30.6 Å². The summed E-state index contributed by atoms with van der Waals surface area (Å²) in [4.78, 5) is 6.14. The van der Waals surface area contributed by atoms with Crippen molar-refractivity contribution in [2.24, 2.45) is 10.9 Å². The van der Waals surface area contributed by atoms with E-state index < -0.39 is 0 Å². The summed E-state index contributed by atoms with van der Waals surface area (Å²) in [5.74, 6) is 0.318. The lowest BCUT2D eigenvalue weighted by atomic mass is 9.78. The van der Waals surface area contributed by atoms with Crippen LogP contribution in [-0.2, 0) is 0 Å². The lowest BCUT2D eigenvalue weighted by Gasteiger charge is -2.30. The van der Waals surface area contributed by atoms with E-state index in [1.54, 1.807) is 11.3 Å². The Labute approximate surface area is 116 Å². The average Bonchev–Trinajstić information content (AvgIpc) is 2.90. The minimum atomic E-state index is 0.318. The van der Waals surface area contributed by atoms with Crippen LogP contribution in [0, 0.1) is 17.2 Å². The molecule has 0 spiro atoms. The van der Waals surface area contributed by atoms with Crippen molar-refractivity contribution in [3.05, 3.63) is 28.0 Å². The highest BCUT2D eigenvalue weighted by molar-refractivity contribution is 7.80. The Morgan fingerprint density at radius 2 is 2.33 bits per heavy atom. The quantitative estimate of drug-likeness (QED) is 0.724. The van der Waals surface area contributed by atoms with E-state index in [0.29, 0.717) is 16.5 Å². The Morgan fingerprint density at radius 1 is 1.44 bits per heavy atom. The van der Waals surface area contributed by atoms with E-state index in [-0.39, 0.29) is 0 Å². The van der Waals surface area contributed by atoms with Gasteiger partial charge in [0.05, 0.1) is 5.57 Å². The average molecular weight is 272 g/mol. The van der Waals surface area contributed by atoms with Crippen molar-refractivity contribution in [2.75, 3.05) is 0 Å². The Kier molecular flexibility index (Phi) is 3.11. The van der Waals surface area contributed by atoms with Gasteiger partial charge in [-0.1, -0.05) is 24.7 Å². The lowest BCUT2D eigenvalue weighted by molar-refractivity contribution is 0.603. The summed E-state index contributed by atoms with van der Waals surface area (Å²) in [6, 6.07) is 6.37. The van der Waals surface area contributed by atoms with E-state index in [4.69, 9.17) is 12.2 Å². The van der Waals surface area contributed by atoms with Gasteiger partial charge in [-0.15, -0.1) is 11.3 Å². The number of thiophene rings is 1. The van der Waals surface area contributed by atoms with Crippen LogP contribution in [0.15, 0.2) is 28.1 Å². The van der Waals surface area contributed by atoms with Gasteiger partial charge in [0, 0.05) is 16.5 Å². The molecule has 2 aliphatic rings. The Morgan fingerprint density at radius 3 is 3.06 bits per heavy atom. The van der Waals surface area contributed by atoms with Crippen LogP contribution in [0.5, 0.6) is 0 Å². The van der Waals surface area contributed by atoms with Gasteiger partial charge < -0.3 is 0 Å². The third kappa shape index (κ3) is 1.84. The van der Waals surface area contributed by atoms with Crippen molar-refractivity contribution in [3.8, 4) is 6.07 Å². The second-order valence-corrected chi connectivity index (χ2v) is 5.92. The summed E-state index contributed by atoms with van der Waals surface area (Å²) in [6.45, 7) is 0. The smallest absolute Gasteiger partial charge is 0.144 e. The van der Waals surface area contributed by atoms with Crippen LogP contribution >= 0.6 is 23.6 Å². The summed E-state index contributed by atoms with van der Waals surface area (Å²) >= 11 is 6.97. The maximum Gasteiger partial charge on any atom is 0.144 e. The minimum Gasteiger partial charge on any atom is -0.244 e. The van der Waals surface area contributed by atoms with Crippen molar-refractivity contribution in [1.82, 2.24) is 0 Å². The summed E-state index contributed by atoms with van der Waals surface area (Å²) in [7, 11) is 0. The van der Waals surface area contributed by atoms with Gasteiger partial charge in [0.25, 0.3) is 0 Å². The Balaban J connectivity index is 2.15. The number of fused-ring (bicyclic) bond motifs is 1. The molecule has 90 valence electrons. The second-order valence-electron chi connectivity index (χ2n) is 4.58. The monoisotopic (exact) mass is 272 g/mol. The fourth-order valence-corrected chi connectivity index (χ4v) is 3.86. The molecule has 4 heteroatoms. The molecule has 18 heavy (non-hydrogen) atoms. The number of aliphatic imine (C=N–C) groups is 1. The van der Waals surface area contributed by atoms with E-state index in [2.05, 4.69) is 22.5 Å². The highest BCUT2D eigenvalue weighted by Gasteiger charge is 2.32. The first kappa shape index (κ1) is 11.8. The molecule has 2 heterocycles. The van der Waals surface area contributed by atoms with Crippen molar-refractivity contribution in [1.29, 1.82) is 5.26 Å². The van der Waals surface area contributed by atoms with Crippen molar-refractivity contribution >= 4 is 39.8 Å². The van der Waals surface area contributed by atoms with Gasteiger partial charge in [0.15, 0.2) is 0 Å². The maximum absolute atomic E-state index is 9.36. The molecule has 3 rings (SSSR count). The van der Waals surface area contributed by atoms with Gasteiger partial charge in [-0.3, -0.25) is 0 Å². The summed E-state index contributed by atoms with van der Waals surface area (Å²) in [5, 5.41) is 11.4. The SMILES string of the molecule is N#CC1=C(c2cccs2)C2CCCCC2=NC1=S. The normalized spacial score (nSPS) is 23.4. The number of rotatable bonds is 1. The minimum absolute atomic E-state index is 0.318. The van der Waals surface area contributed by atoms with Gasteiger partial charge in [0.1, 0.15) is 11.1 Å². The van der Waals surface area contributed by atoms with Crippen LogP contribution in [0.3, 0.4) is 0 Å². The van der Waals surface area contributed by atoms with Crippen molar-refractivity contribution in [2.45, 2.75) is 25.7 Å². The molecule has 1 aromatic heterocycles. The van der Waals surface area contributed by atoms with Crippen LogP contribution in [0.2, 0.25) is 0 Å². The molecule has 1 aliphatic heterocycles. The number of allylic oxidation sites excluding steroid dienone is 1. The molecular formula is C14H12N2S2. The molecule has 1 saturated carbocycles. The summed E-state index contributed by atoms with van der Waals surface area (Å²) in [6.07, 6.45) is 4.53. The van der Waals surface area contributed by atoms with Crippen LogP contribution in [0.4, 0.5) is 0 Å². The first-order valence-electron chi connectivity index (χ1n) is 6.11. The molecule has 1 unspecified atom stereocenters. The molecule has 0 saturated heterocycles. The number of nitrogens with zero attached hydrogens (tertiary/aromatic N) is 2. The van der Waals surface area contributed by atoms with E-state index in [1.165, 1.54) is 23.4 Å². The van der Waals surface area contributed by atoms with Gasteiger partial charge >= 0.3 is 0 Å². The van der Waals surface area contributed by atoms with Gasteiger partial charge in [-0.25, -0.2) is 4.99 Å². The molecule has 0 N–H and O–H groups in total. The fraction of sp³-hybridized carbons (Fsp3) is 0.357. The highest BCUT2D eigenvalue weighted by atomic mass is 32.1. The molecule has 0 aromatic carbocycles. The molecule has 1 aliphatic carbocycles. The number of thiocarbonyl (C=S) groups is 1. The summed E-state index contributed by atoms with van der Waals surface area (Å²) < 4.78 is 0. The van der Waals surface area contributed by atoms with Crippen molar-refractivity contribution < 1.29 is 0 Å². The molecular weight excluding hydrogens is 260 g/mol. The van der Waals surface area contributed by atoms with Crippen LogP contribution < -0.4 is 0 Å².